The third kappa shape index (κ3) is 4.18. The van der Waals surface area contributed by atoms with E-state index in [4.69, 9.17) is 10.5 Å². The van der Waals surface area contributed by atoms with Crippen LogP contribution in [0.2, 0.25) is 0 Å². The van der Waals surface area contributed by atoms with E-state index >= 15 is 0 Å². The molecule has 0 bridgehead atoms. The molecular weight excluding hydrogens is 288 g/mol. The Morgan fingerprint density at radius 1 is 1.29 bits per heavy atom. The van der Waals surface area contributed by atoms with E-state index in [2.05, 4.69) is 4.90 Å². The molecule has 2 N–H and O–H groups in total. The lowest BCUT2D eigenvalue weighted by Crippen LogP contribution is -2.41. The van der Waals surface area contributed by atoms with Crippen LogP contribution in [-0.4, -0.2) is 51.1 Å². The largest absolute Gasteiger partial charge is 0.497 e. The minimum atomic E-state index is -2.91. The van der Waals surface area contributed by atoms with Gasteiger partial charge in [-0.3, -0.25) is 4.90 Å². The summed E-state index contributed by atoms with van der Waals surface area (Å²) >= 11 is 0. The number of nitrogens with zero attached hydrogens (tertiary/aromatic N) is 1. The molecule has 1 aliphatic heterocycles. The summed E-state index contributed by atoms with van der Waals surface area (Å²) in [5.74, 6) is 1.27. The maximum Gasteiger partial charge on any atom is 0.151 e. The maximum atomic E-state index is 11.8. The summed E-state index contributed by atoms with van der Waals surface area (Å²) in [5.41, 5.74) is 7.25. The van der Waals surface area contributed by atoms with Gasteiger partial charge in [-0.1, -0.05) is 12.1 Å². The minimum absolute atomic E-state index is 0.00778. The first kappa shape index (κ1) is 16.3. The van der Waals surface area contributed by atoms with Gasteiger partial charge in [0, 0.05) is 18.6 Å². The Kier molecular flexibility index (Phi) is 5.24. The van der Waals surface area contributed by atoms with Crippen molar-refractivity contribution in [3.63, 3.8) is 0 Å². The third-order valence-electron chi connectivity index (χ3n) is 3.92. The molecule has 118 valence electrons. The molecule has 0 aromatic heterocycles. The lowest BCUT2D eigenvalue weighted by atomic mass is 9.98. The van der Waals surface area contributed by atoms with E-state index < -0.39 is 9.84 Å². The number of methoxy groups -OCH3 is 1. The predicted octanol–water partition coefficient (Wildman–Crippen LogP) is 1.20. The molecule has 2 atom stereocenters. The average Bonchev–Trinajstić information content (AvgIpc) is 2.60. The number of hydrogen-bond donors (Lipinski definition) is 1. The van der Waals surface area contributed by atoms with Gasteiger partial charge < -0.3 is 10.5 Å². The molecule has 6 heteroatoms. The van der Waals surface area contributed by atoms with E-state index in [0.29, 0.717) is 13.0 Å². The first-order chi connectivity index (χ1) is 9.93. The average molecular weight is 312 g/mol. The Morgan fingerprint density at radius 2 is 2.05 bits per heavy atom. The van der Waals surface area contributed by atoms with Crippen molar-refractivity contribution in [1.82, 2.24) is 4.90 Å². The second-order valence-electron chi connectivity index (χ2n) is 5.62. The van der Waals surface area contributed by atoms with Crippen molar-refractivity contribution in [1.29, 1.82) is 0 Å². The molecule has 0 radical (unpaired) electrons. The fraction of sp³-hybridized carbons (Fsp3) is 0.600. The smallest absolute Gasteiger partial charge is 0.151 e. The van der Waals surface area contributed by atoms with Crippen LogP contribution in [0.25, 0.3) is 0 Å². The Bertz CT molecular complexity index is 572. The van der Waals surface area contributed by atoms with E-state index in [9.17, 15) is 8.42 Å². The summed E-state index contributed by atoms with van der Waals surface area (Å²) in [6, 6.07) is 7.77. The van der Waals surface area contributed by atoms with Gasteiger partial charge in [-0.25, -0.2) is 8.42 Å². The molecule has 2 unspecified atom stereocenters. The number of benzene rings is 1. The van der Waals surface area contributed by atoms with E-state index in [0.717, 1.165) is 17.9 Å². The number of nitrogens with two attached hydrogens (primary N) is 1. The number of sulfone groups is 1. The Hall–Kier alpha value is -1.11. The second kappa shape index (κ2) is 6.77. The summed E-state index contributed by atoms with van der Waals surface area (Å²) in [4.78, 5) is 2.18. The molecule has 5 nitrogen and oxygen atoms in total. The standard InChI is InChI=1S/C15H24N2O3S/c1-12(16)15(13-5-3-6-14(11-13)20-2)17-7-4-9-21(18,19)10-8-17/h3,5-6,11-12,15H,4,7-10,16H2,1-2H3. The topological polar surface area (TPSA) is 72.6 Å². The van der Waals surface area contributed by atoms with Gasteiger partial charge in [-0.2, -0.15) is 0 Å². The quantitative estimate of drug-likeness (QED) is 0.904. The van der Waals surface area contributed by atoms with Crippen LogP contribution in [-0.2, 0) is 9.84 Å². The molecule has 1 fully saturated rings. The summed E-state index contributed by atoms with van der Waals surface area (Å²) in [5, 5.41) is 0. The lowest BCUT2D eigenvalue weighted by molar-refractivity contribution is 0.190. The zero-order chi connectivity index (χ0) is 15.5. The molecule has 1 aromatic carbocycles. The maximum absolute atomic E-state index is 11.8. The van der Waals surface area contributed by atoms with Crippen LogP contribution in [0, 0.1) is 0 Å². The molecule has 1 saturated heterocycles. The molecule has 1 aromatic rings. The molecule has 21 heavy (non-hydrogen) atoms. The normalized spacial score (nSPS) is 22.2. The van der Waals surface area contributed by atoms with Crippen LogP contribution in [0.3, 0.4) is 0 Å². The van der Waals surface area contributed by atoms with Gasteiger partial charge in [0.15, 0.2) is 9.84 Å². The Morgan fingerprint density at radius 3 is 2.71 bits per heavy atom. The van der Waals surface area contributed by atoms with E-state index in [1.807, 2.05) is 31.2 Å². The van der Waals surface area contributed by atoms with Crippen LogP contribution in [0.15, 0.2) is 24.3 Å². The number of ether oxygens (including phenoxy) is 1. The van der Waals surface area contributed by atoms with Gasteiger partial charge in [-0.05, 0) is 37.6 Å². The zero-order valence-corrected chi connectivity index (χ0v) is 13.5. The fourth-order valence-corrected chi connectivity index (χ4v) is 4.19. The minimum Gasteiger partial charge on any atom is -0.497 e. The monoisotopic (exact) mass is 312 g/mol. The van der Waals surface area contributed by atoms with Crippen LogP contribution in [0.5, 0.6) is 5.75 Å². The molecule has 0 spiro atoms. The number of rotatable bonds is 4. The van der Waals surface area contributed by atoms with Crippen molar-refractivity contribution in [2.24, 2.45) is 5.73 Å². The van der Waals surface area contributed by atoms with Crippen molar-refractivity contribution in [2.45, 2.75) is 25.4 Å². The van der Waals surface area contributed by atoms with Crippen molar-refractivity contribution in [3.05, 3.63) is 29.8 Å². The summed E-state index contributed by atoms with van der Waals surface area (Å²) in [7, 11) is -1.28. The molecule has 1 aliphatic rings. The fourth-order valence-electron chi connectivity index (χ4n) is 2.91. The third-order valence-corrected chi connectivity index (χ3v) is 5.63. The molecule has 0 aliphatic carbocycles. The van der Waals surface area contributed by atoms with E-state index in [1.54, 1.807) is 7.11 Å². The van der Waals surface area contributed by atoms with Crippen molar-refractivity contribution in [2.75, 3.05) is 31.7 Å². The van der Waals surface area contributed by atoms with Crippen molar-refractivity contribution < 1.29 is 13.2 Å². The van der Waals surface area contributed by atoms with Crippen LogP contribution in [0.1, 0.15) is 24.9 Å². The molecule has 1 heterocycles. The molecule has 0 amide bonds. The lowest BCUT2D eigenvalue weighted by Gasteiger charge is -2.33. The van der Waals surface area contributed by atoms with E-state index in [-0.39, 0.29) is 23.6 Å². The van der Waals surface area contributed by atoms with Gasteiger partial charge >= 0.3 is 0 Å². The summed E-state index contributed by atoms with van der Waals surface area (Å²) in [6.07, 6.45) is 0.662. The highest BCUT2D eigenvalue weighted by Gasteiger charge is 2.28. The first-order valence-corrected chi connectivity index (χ1v) is 9.09. The van der Waals surface area contributed by atoms with Gasteiger partial charge in [0.05, 0.1) is 18.6 Å². The molecule has 0 saturated carbocycles. The van der Waals surface area contributed by atoms with Crippen molar-refractivity contribution >= 4 is 9.84 Å². The van der Waals surface area contributed by atoms with Gasteiger partial charge in [0.1, 0.15) is 5.75 Å². The second-order valence-corrected chi connectivity index (χ2v) is 7.93. The predicted molar refractivity (Wildman–Crippen MR) is 84.2 cm³/mol. The highest BCUT2D eigenvalue weighted by Crippen LogP contribution is 2.27. The first-order valence-electron chi connectivity index (χ1n) is 7.27. The van der Waals surface area contributed by atoms with Gasteiger partial charge in [0.25, 0.3) is 0 Å². The van der Waals surface area contributed by atoms with Gasteiger partial charge in [-0.15, -0.1) is 0 Å². The highest BCUT2D eigenvalue weighted by atomic mass is 32.2. The van der Waals surface area contributed by atoms with E-state index in [1.165, 1.54) is 0 Å². The van der Waals surface area contributed by atoms with Crippen LogP contribution in [0.4, 0.5) is 0 Å². The molecular formula is C15H24N2O3S. The van der Waals surface area contributed by atoms with Crippen LogP contribution < -0.4 is 10.5 Å². The highest BCUT2D eigenvalue weighted by molar-refractivity contribution is 7.91. The Balaban J connectivity index is 2.26. The SMILES string of the molecule is COc1cccc(C(C(C)N)N2CCCS(=O)(=O)CC2)c1. The van der Waals surface area contributed by atoms with Crippen molar-refractivity contribution in [3.8, 4) is 5.75 Å². The van der Waals surface area contributed by atoms with Crippen LogP contribution >= 0.6 is 0 Å². The Labute approximate surface area is 127 Å². The summed E-state index contributed by atoms with van der Waals surface area (Å²) in [6.45, 7) is 3.25. The molecule has 2 rings (SSSR count). The van der Waals surface area contributed by atoms with Gasteiger partial charge in [0.2, 0.25) is 0 Å². The zero-order valence-electron chi connectivity index (χ0n) is 12.7. The number of hydrogen-bond acceptors (Lipinski definition) is 5. The summed E-state index contributed by atoms with van der Waals surface area (Å²) < 4.78 is 28.8.